The van der Waals surface area contributed by atoms with Gasteiger partial charge >= 0.3 is 0 Å². The van der Waals surface area contributed by atoms with Gasteiger partial charge in [-0.1, -0.05) is 36.4 Å². The molecule has 7 heteroatoms. The van der Waals surface area contributed by atoms with Crippen LogP contribution in [0.4, 0.5) is 16.4 Å². The maximum absolute atomic E-state index is 12.8. The molecule has 0 amide bonds. The molecular weight excluding hydrogens is 491 g/mol. The number of ether oxygens (including phenoxy) is 1. The summed E-state index contributed by atoms with van der Waals surface area (Å²) in [4.78, 5) is 28.8. The van der Waals surface area contributed by atoms with Crippen molar-refractivity contribution in [1.29, 1.82) is 0 Å². The van der Waals surface area contributed by atoms with E-state index in [2.05, 4.69) is 59.5 Å². The van der Waals surface area contributed by atoms with Crippen LogP contribution in [0.1, 0.15) is 25.6 Å². The average Bonchev–Trinajstić information content (AvgIpc) is 3.62. The quantitative estimate of drug-likeness (QED) is 0.198. The number of Topliss-reactive ketones (excluding diaryl/α,β-unsaturated/α-hetero) is 2. The third-order valence-corrected chi connectivity index (χ3v) is 14.2. The number of allylic oxidation sites excluding steroid dienone is 1. The van der Waals surface area contributed by atoms with E-state index in [1.54, 1.807) is 28.2 Å². The predicted molar refractivity (Wildman–Crippen MR) is 145 cm³/mol. The first-order chi connectivity index (χ1) is 17.2. The molecule has 172 valence electrons. The van der Waals surface area contributed by atoms with Crippen molar-refractivity contribution in [2.75, 3.05) is 18.1 Å². The summed E-state index contributed by atoms with van der Waals surface area (Å²) in [5.74, 6) is -0.329. The van der Waals surface area contributed by atoms with Crippen molar-refractivity contribution >= 4 is 75.1 Å². The monoisotopic (exact) mass is 511 g/mol. The van der Waals surface area contributed by atoms with Gasteiger partial charge in [0.15, 0.2) is 11.6 Å². The molecule has 4 aromatic rings. The molecule has 0 unspecified atom stereocenters. The van der Waals surface area contributed by atoms with Gasteiger partial charge in [-0.05, 0) is 52.8 Å². The van der Waals surface area contributed by atoms with Crippen molar-refractivity contribution < 1.29 is 14.3 Å². The van der Waals surface area contributed by atoms with Crippen LogP contribution in [-0.4, -0.2) is 32.9 Å². The van der Waals surface area contributed by atoms with Crippen LogP contribution >= 0.6 is 22.7 Å². The smallest absolute Gasteiger partial charge is 0.198 e. The topological polar surface area (TPSA) is 46.6 Å². The van der Waals surface area contributed by atoms with Crippen LogP contribution in [-0.2, 0) is 4.74 Å². The molecule has 1 saturated heterocycles. The number of para-hydroxylation sites is 2. The third-order valence-electron chi connectivity index (χ3n) is 7.43. The van der Waals surface area contributed by atoms with Crippen molar-refractivity contribution in [1.82, 2.24) is 0 Å². The number of carbonyl (C=O) groups excluding carboxylic acids is 2. The van der Waals surface area contributed by atoms with E-state index in [0.717, 1.165) is 35.2 Å². The van der Waals surface area contributed by atoms with Crippen LogP contribution in [0.2, 0.25) is 12.1 Å². The number of rotatable bonds is 2. The Hall–Kier alpha value is -3.10. The minimum Gasteiger partial charge on any atom is -0.382 e. The maximum atomic E-state index is 12.8. The molecule has 1 aliphatic carbocycles. The Labute approximate surface area is 212 Å². The Bertz CT molecular complexity index is 1460. The highest BCUT2D eigenvalue weighted by Crippen LogP contribution is 2.44. The van der Waals surface area contributed by atoms with Crippen LogP contribution in [0.25, 0.3) is 6.08 Å². The lowest BCUT2D eigenvalue weighted by molar-refractivity contribution is 0.0990. The van der Waals surface area contributed by atoms with Gasteiger partial charge in [-0.25, -0.2) is 0 Å². The zero-order valence-corrected chi connectivity index (χ0v) is 21.5. The van der Waals surface area contributed by atoms with Gasteiger partial charge in [0.25, 0.3) is 0 Å². The van der Waals surface area contributed by atoms with E-state index in [1.165, 1.54) is 33.1 Å². The normalized spacial score (nSPS) is 17.9. The molecule has 35 heavy (non-hydrogen) atoms. The number of fused-ring (bicyclic) bond motifs is 5. The Morgan fingerprint density at radius 2 is 1.40 bits per heavy atom. The molecule has 2 aliphatic heterocycles. The van der Waals surface area contributed by atoms with Crippen LogP contribution < -0.4 is 15.3 Å². The molecular formula is C28H21NO3S2Si. The summed E-state index contributed by atoms with van der Waals surface area (Å²) in [5.41, 5.74) is 3.83. The highest BCUT2D eigenvalue weighted by molar-refractivity contribution is 7.17. The summed E-state index contributed by atoms with van der Waals surface area (Å²) in [6.45, 7) is 1.64. The van der Waals surface area contributed by atoms with Gasteiger partial charge in [0.05, 0.1) is 5.57 Å². The lowest BCUT2D eigenvalue weighted by atomic mass is 10.1. The third kappa shape index (κ3) is 3.06. The van der Waals surface area contributed by atoms with Crippen molar-refractivity contribution in [2.45, 2.75) is 12.1 Å². The Morgan fingerprint density at radius 3 is 2.03 bits per heavy atom. The van der Waals surface area contributed by atoms with E-state index in [9.17, 15) is 9.59 Å². The molecule has 0 N–H and O–H groups in total. The van der Waals surface area contributed by atoms with Crippen LogP contribution in [0.15, 0.2) is 77.0 Å². The summed E-state index contributed by atoms with van der Waals surface area (Å²) >= 11 is 3.01. The second kappa shape index (κ2) is 7.96. The molecule has 0 saturated carbocycles. The predicted octanol–water partition coefficient (Wildman–Crippen LogP) is 5.65. The fraction of sp³-hybridized carbons (Fsp3) is 0.143. The van der Waals surface area contributed by atoms with E-state index in [4.69, 9.17) is 4.74 Å². The number of hydrogen-bond acceptors (Lipinski definition) is 6. The summed E-state index contributed by atoms with van der Waals surface area (Å²) < 4.78 is 5.80. The second-order valence-electron chi connectivity index (χ2n) is 9.16. The Balaban J connectivity index is 1.34. The molecule has 3 aliphatic rings. The summed E-state index contributed by atoms with van der Waals surface area (Å²) in [7, 11) is -1.92. The Morgan fingerprint density at radius 1 is 0.800 bits per heavy atom. The highest BCUT2D eigenvalue weighted by atomic mass is 32.1. The van der Waals surface area contributed by atoms with Gasteiger partial charge in [0, 0.05) is 51.4 Å². The number of nitrogens with zero attached hydrogens (tertiary/aromatic N) is 1. The van der Waals surface area contributed by atoms with Crippen molar-refractivity contribution in [3.63, 3.8) is 0 Å². The molecule has 4 nitrogen and oxygen atoms in total. The summed E-state index contributed by atoms with van der Waals surface area (Å²) in [6.07, 6.45) is 1.76. The summed E-state index contributed by atoms with van der Waals surface area (Å²) in [5, 5.41) is 7.57. The van der Waals surface area contributed by atoms with Gasteiger partial charge in [-0.15, -0.1) is 11.3 Å². The number of ketones is 2. The van der Waals surface area contributed by atoms with Crippen LogP contribution in [0.5, 0.6) is 0 Å². The lowest BCUT2D eigenvalue weighted by Gasteiger charge is -2.45. The van der Waals surface area contributed by atoms with Gasteiger partial charge < -0.3 is 9.64 Å². The molecule has 0 bridgehead atoms. The number of anilines is 3. The van der Waals surface area contributed by atoms with Gasteiger partial charge in [-0.2, -0.15) is 11.3 Å². The largest absolute Gasteiger partial charge is 0.382 e. The molecule has 2 aromatic carbocycles. The van der Waals surface area contributed by atoms with Crippen LogP contribution in [0.3, 0.4) is 0 Å². The summed E-state index contributed by atoms with van der Waals surface area (Å²) in [6, 6.07) is 24.0. The molecule has 7 rings (SSSR count). The maximum Gasteiger partial charge on any atom is 0.198 e. The molecule has 0 radical (unpaired) electrons. The van der Waals surface area contributed by atoms with Crippen molar-refractivity contribution in [3.05, 3.63) is 93.0 Å². The lowest BCUT2D eigenvalue weighted by Crippen LogP contribution is -2.64. The zero-order chi connectivity index (χ0) is 23.6. The number of benzene rings is 2. The fourth-order valence-electron chi connectivity index (χ4n) is 5.77. The van der Waals surface area contributed by atoms with E-state index < -0.39 is 8.07 Å². The number of hydrogen-bond donors (Lipinski definition) is 0. The molecule has 1 spiro atoms. The second-order valence-corrected chi connectivity index (χ2v) is 15.2. The first-order valence-corrected chi connectivity index (χ1v) is 15.9. The van der Waals surface area contributed by atoms with E-state index in [1.807, 2.05) is 6.07 Å². The molecule has 2 aromatic heterocycles. The number of carbonyl (C=O) groups is 2. The standard InChI is InChI=1S/C28H21NO3S2Si/c30-27-19(28(31)21-17-33-16-20(21)27)15-18-9-10-26(34-18)29-22-5-1-3-7-24(22)35(13-11-32-12-14-35)25-8-4-2-6-23(25)29/h1-10,15-17H,11-14H2. The fourth-order valence-corrected chi connectivity index (χ4v) is 12.4. The van der Waals surface area contributed by atoms with E-state index >= 15 is 0 Å². The zero-order valence-electron chi connectivity index (χ0n) is 18.8. The van der Waals surface area contributed by atoms with Crippen molar-refractivity contribution in [3.8, 4) is 0 Å². The van der Waals surface area contributed by atoms with Gasteiger partial charge in [-0.3, -0.25) is 9.59 Å². The Kier molecular flexibility index (Phi) is 4.82. The molecule has 1 fully saturated rings. The number of thiophene rings is 2. The average molecular weight is 512 g/mol. The van der Waals surface area contributed by atoms with Gasteiger partial charge in [0.1, 0.15) is 13.1 Å². The highest BCUT2D eigenvalue weighted by Gasteiger charge is 2.46. The first kappa shape index (κ1) is 21.2. The molecule has 0 atom stereocenters. The SMILES string of the molecule is O=C1C(=Cc2ccc(N3c4ccccc4[Si]4(CCOCC4)c4ccccc43)s2)C(=O)c2cscc21. The molecule has 4 heterocycles. The van der Waals surface area contributed by atoms with Crippen molar-refractivity contribution in [2.24, 2.45) is 0 Å². The minimum absolute atomic E-state index is 0.165. The minimum atomic E-state index is -1.92. The van der Waals surface area contributed by atoms with Crippen LogP contribution in [0, 0.1) is 0 Å². The van der Waals surface area contributed by atoms with E-state index in [0.29, 0.717) is 11.1 Å². The van der Waals surface area contributed by atoms with Gasteiger partial charge in [0.2, 0.25) is 0 Å². The first-order valence-electron chi connectivity index (χ1n) is 11.7. The van der Waals surface area contributed by atoms with E-state index in [-0.39, 0.29) is 17.1 Å².